The lowest BCUT2D eigenvalue weighted by Gasteiger charge is -2.21. The molecule has 0 saturated carbocycles. The number of hydrogen-bond donors (Lipinski definition) is 1. The first-order valence-corrected chi connectivity index (χ1v) is 8.09. The van der Waals surface area contributed by atoms with Crippen LogP contribution in [0.5, 0.6) is 0 Å². The Morgan fingerprint density at radius 2 is 1.95 bits per heavy atom. The standard InChI is InChI=1S/C17H24N2S/c1-6-9-18-16(17-13(4)19-14(5)20-17)15-10-11(2)7-8-12(15)3/h7-8,10,16,18H,6,9H2,1-5H3. The van der Waals surface area contributed by atoms with Gasteiger partial charge in [-0.15, -0.1) is 11.3 Å². The highest BCUT2D eigenvalue weighted by molar-refractivity contribution is 7.11. The molecule has 0 aliphatic rings. The molecule has 0 aliphatic heterocycles. The van der Waals surface area contributed by atoms with Crippen LogP contribution in [-0.2, 0) is 0 Å². The van der Waals surface area contributed by atoms with E-state index in [1.807, 2.05) is 11.3 Å². The molecule has 2 nitrogen and oxygen atoms in total. The highest BCUT2D eigenvalue weighted by atomic mass is 32.1. The molecule has 1 unspecified atom stereocenters. The van der Waals surface area contributed by atoms with E-state index in [9.17, 15) is 0 Å². The van der Waals surface area contributed by atoms with Gasteiger partial charge in [0.2, 0.25) is 0 Å². The van der Waals surface area contributed by atoms with E-state index in [1.165, 1.54) is 21.6 Å². The summed E-state index contributed by atoms with van der Waals surface area (Å²) in [4.78, 5) is 5.95. The maximum atomic E-state index is 4.60. The first-order valence-electron chi connectivity index (χ1n) is 7.27. The molecule has 0 aliphatic carbocycles. The summed E-state index contributed by atoms with van der Waals surface area (Å²) in [6, 6.07) is 6.97. The molecule has 0 fully saturated rings. The third kappa shape index (κ3) is 3.28. The first-order chi connectivity index (χ1) is 9.52. The van der Waals surface area contributed by atoms with Crippen LogP contribution in [0.3, 0.4) is 0 Å². The fraction of sp³-hybridized carbons (Fsp3) is 0.471. The molecule has 1 heterocycles. The van der Waals surface area contributed by atoms with Gasteiger partial charge in [-0.3, -0.25) is 0 Å². The molecule has 0 spiro atoms. The van der Waals surface area contributed by atoms with Crippen molar-refractivity contribution < 1.29 is 0 Å². The van der Waals surface area contributed by atoms with Crippen LogP contribution in [0.4, 0.5) is 0 Å². The number of nitrogens with one attached hydrogen (secondary N) is 1. The van der Waals surface area contributed by atoms with Crippen molar-refractivity contribution in [2.24, 2.45) is 0 Å². The van der Waals surface area contributed by atoms with E-state index in [1.54, 1.807) is 0 Å². The van der Waals surface area contributed by atoms with Crippen molar-refractivity contribution in [1.82, 2.24) is 10.3 Å². The smallest absolute Gasteiger partial charge is 0.0900 e. The van der Waals surface area contributed by atoms with E-state index in [2.05, 4.69) is 63.1 Å². The normalized spacial score (nSPS) is 12.7. The Bertz CT molecular complexity index is 587. The van der Waals surface area contributed by atoms with Crippen LogP contribution in [0.2, 0.25) is 0 Å². The van der Waals surface area contributed by atoms with Gasteiger partial charge in [0.15, 0.2) is 0 Å². The minimum Gasteiger partial charge on any atom is -0.306 e. The molecule has 108 valence electrons. The maximum absolute atomic E-state index is 4.60. The van der Waals surface area contributed by atoms with Crippen molar-refractivity contribution in [3.05, 3.63) is 50.5 Å². The van der Waals surface area contributed by atoms with Crippen molar-refractivity contribution in [3.8, 4) is 0 Å². The summed E-state index contributed by atoms with van der Waals surface area (Å²) in [5.41, 5.74) is 5.19. The Morgan fingerprint density at radius 1 is 1.20 bits per heavy atom. The summed E-state index contributed by atoms with van der Waals surface area (Å²) in [6.07, 6.45) is 1.14. The first kappa shape index (κ1) is 15.2. The molecule has 1 aromatic heterocycles. The molecule has 20 heavy (non-hydrogen) atoms. The SMILES string of the molecule is CCCNC(c1cc(C)ccc1C)c1sc(C)nc1C. The fourth-order valence-corrected chi connectivity index (χ4v) is 3.54. The highest BCUT2D eigenvalue weighted by Crippen LogP contribution is 2.32. The molecular formula is C17H24N2S. The van der Waals surface area contributed by atoms with E-state index in [0.29, 0.717) is 0 Å². The van der Waals surface area contributed by atoms with Gasteiger partial charge in [-0.1, -0.05) is 30.7 Å². The molecule has 0 radical (unpaired) electrons. The van der Waals surface area contributed by atoms with Gasteiger partial charge >= 0.3 is 0 Å². The van der Waals surface area contributed by atoms with E-state index < -0.39 is 0 Å². The summed E-state index contributed by atoms with van der Waals surface area (Å²) in [6.45, 7) is 11.8. The van der Waals surface area contributed by atoms with Crippen LogP contribution in [0.25, 0.3) is 0 Å². The van der Waals surface area contributed by atoms with Crippen molar-refractivity contribution in [2.45, 2.75) is 47.1 Å². The number of nitrogens with zero attached hydrogens (tertiary/aromatic N) is 1. The zero-order valence-corrected chi connectivity index (χ0v) is 13.9. The Hall–Kier alpha value is -1.19. The number of hydrogen-bond acceptors (Lipinski definition) is 3. The van der Waals surface area contributed by atoms with Crippen LogP contribution in [0, 0.1) is 27.7 Å². The molecule has 2 rings (SSSR count). The summed E-state index contributed by atoms with van der Waals surface area (Å²) in [5, 5.41) is 4.84. The average molecular weight is 288 g/mol. The molecule has 1 aromatic carbocycles. The van der Waals surface area contributed by atoms with Gasteiger partial charge < -0.3 is 5.32 Å². The molecule has 0 amide bonds. The van der Waals surface area contributed by atoms with Crippen LogP contribution in [0.15, 0.2) is 18.2 Å². The Kier molecular flexibility index (Phi) is 4.95. The van der Waals surface area contributed by atoms with Crippen LogP contribution in [0.1, 0.15) is 51.7 Å². The van der Waals surface area contributed by atoms with Crippen molar-refractivity contribution in [3.63, 3.8) is 0 Å². The lowest BCUT2D eigenvalue weighted by molar-refractivity contribution is 0.600. The van der Waals surface area contributed by atoms with Gasteiger partial charge in [0, 0.05) is 4.88 Å². The second kappa shape index (κ2) is 6.51. The second-order valence-electron chi connectivity index (χ2n) is 5.43. The molecule has 3 heteroatoms. The Morgan fingerprint density at radius 3 is 2.55 bits per heavy atom. The minimum atomic E-state index is 0.265. The Labute approximate surface area is 126 Å². The minimum absolute atomic E-state index is 0.265. The topological polar surface area (TPSA) is 24.9 Å². The molecule has 2 aromatic rings. The third-order valence-corrected chi connectivity index (χ3v) is 4.68. The quantitative estimate of drug-likeness (QED) is 0.878. The van der Waals surface area contributed by atoms with Gasteiger partial charge in [0.05, 0.1) is 16.7 Å². The zero-order chi connectivity index (χ0) is 14.7. The number of rotatable bonds is 5. The van der Waals surface area contributed by atoms with Crippen LogP contribution in [-0.4, -0.2) is 11.5 Å². The highest BCUT2D eigenvalue weighted by Gasteiger charge is 2.20. The van der Waals surface area contributed by atoms with Gasteiger partial charge in [-0.25, -0.2) is 4.98 Å². The average Bonchev–Trinajstić information content (AvgIpc) is 2.73. The van der Waals surface area contributed by atoms with Gasteiger partial charge in [-0.05, 0) is 51.8 Å². The monoisotopic (exact) mass is 288 g/mol. The predicted octanol–water partition coefficient (Wildman–Crippen LogP) is 4.47. The van der Waals surface area contributed by atoms with E-state index in [-0.39, 0.29) is 6.04 Å². The molecule has 0 saturated heterocycles. The van der Waals surface area contributed by atoms with Crippen LogP contribution >= 0.6 is 11.3 Å². The van der Waals surface area contributed by atoms with Crippen molar-refractivity contribution in [1.29, 1.82) is 0 Å². The van der Waals surface area contributed by atoms with Crippen molar-refractivity contribution >= 4 is 11.3 Å². The second-order valence-corrected chi connectivity index (χ2v) is 6.66. The lowest BCUT2D eigenvalue weighted by Crippen LogP contribution is -2.24. The summed E-state index contributed by atoms with van der Waals surface area (Å²) < 4.78 is 0. The molecular weight excluding hydrogens is 264 g/mol. The van der Waals surface area contributed by atoms with Crippen molar-refractivity contribution in [2.75, 3.05) is 6.54 Å². The van der Waals surface area contributed by atoms with E-state index in [0.717, 1.165) is 23.7 Å². The third-order valence-electron chi connectivity index (χ3n) is 3.55. The summed E-state index contributed by atoms with van der Waals surface area (Å²) in [7, 11) is 0. The largest absolute Gasteiger partial charge is 0.306 e. The number of benzene rings is 1. The number of thiazole rings is 1. The molecule has 1 atom stereocenters. The summed E-state index contributed by atoms with van der Waals surface area (Å²) in [5.74, 6) is 0. The van der Waals surface area contributed by atoms with Gasteiger partial charge in [0.1, 0.15) is 0 Å². The predicted molar refractivity (Wildman–Crippen MR) is 87.6 cm³/mol. The number of aromatic nitrogens is 1. The van der Waals surface area contributed by atoms with Gasteiger partial charge in [-0.2, -0.15) is 0 Å². The zero-order valence-electron chi connectivity index (χ0n) is 13.1. The molecule has 0 bridgehead atoms. The van der Waals surface area contributed by atoms with E-state index in [4.69, 9.17) is 0 Å². The van der Waals surface area contributed by atoms with Gasteiger partial charge in [0.25, 0.3) is 0 Å². The summed E-state index contributed by atoms with van der Waals surface area (Å²) >= 11 is 1.81. The fourth-order valence-electron chi connectivity index (χ4n) is 2.52. The number of aryl methyl sites for hydroxylation is 4. The maximum Gasteiger partial charge on any atom is 0.0900 e. The lowest BCUT2D eigenvalue weighted by atomic mass is 9.97. The van der Waals surface area contributed by atoms with Crippen LogP contribution < -0.4 is 5.32 Å². The Balaban J connectivity index is 2.46. The molecule has 1 N–H and O–H groups in total. The van der Waals surface area contributed by atoms with E-state index >= 15 is 0 Å².